The van der Waals surface area contributed by atoms with E-state index in [2.05, 4.69) is 44.1 Å². The standard InChI is InChI=1S/C16H20N2O/c1-16(2,3)18-15(13-8-5-4-6-9-13)12-14(17-18)10-7-11-19/h4-6,8-9,11-12H,7,10H2,1-3H3. The van der Waals surface area contributed by atoms with E-state index in [0.29, 0.717) is 12.8 Å². The second-order valence-electron chi connectivity index (χ2n) is 5.67. The van der Waals surface area contributed by atoms with E-state index in [0.717, 1.165) is 23.2 Å². The molecule has 0 saturated carbocycles. The lowest BCUT2D eigenvalue weighted by Crippen LogP contribution is -2.24. The zero-order valence-corrected chi connectivity index (χ0v) is 11.8. The first kappa shape index (κ1) is 13.5. The van der Waals surface area contributed by atoms with Crippen molar-refractivity contribution in [3.63, 3.8) is 0 Å². The molecule has 2 rings (SSSR count). The van der Waals surface area contributed by atoms with E-state index in [-0.39, 0.29) is 5.54 Å². The Morgan fingerprint density at radius 3 is 2.47 bits per heavy atom. The van der Waals surface area contributed by atoms with Crippen molar-refractivity contribution >= 4 is 6.29 Å². The average Bonchev–Trinajstić information content (AvgIpc) is 2.81. The van der Waals surface area contributed by atoms with Crippen molar-refractivity contribution in [2.45, 2.75) is 39.2 Å². The van der Waals surface area contributed by atoms with Crippen LogP contribution in [0, 0.1) is 0 Å². The summed E-state index contributed by atoms with van der Waals surface area (Å²) in [4.78, 5) is 10.5. The number of rotatable bonds is 4. The predicted molar refractivity (Wildman–Crippen MR) is 77.0 cm³/mol. The lowest BCUT2D eigenvalue weighted by Gasteiger charge is -2.22. The van der Waals surface area contributed by atoms with Crippen molar-refractivity contribution in [1.82, 2.24) is 9.78 Å². The third-order valence-corrected chi connectivity index (χ3v) is 2.98. The molecule has 1 heterocycles. The monoisotopic (exact) mass is 256 g/mol. The van der Waals surface area contributed by atoms with Crippen molar-refractivity contribution in [3.05, 3.63) is 42.1 Å². The summed E-state index contributed by atoms with van der Waals surface area (Å²) in [6, 6.07) is 12.3. The first-order chi connectivity index (χ1) is 9.02. The normalized spacial score (nSPS) is 11.5. The molecular formula is C16H20N2O. The van der Waals surface area contributed by atoms with Crippen LogP contribution in [0.2, 0.25) is 0 Å². The lowest BCUT2D eigenvalue weighted by atomic mass is 10.1. The number of hydrogen-bond acceptors (Lipinski definition) is 2. The van der Waals surface area contributed by atoms with E-state index in [1.807, 2.05) is 22.9 Å². The smallest absolute Gasteiger partial charge is 0.120 e. The molecule has 0 atom stereocenters. The van der Waals surface area contributed by atoms with Gasteiger partial charge in [-0.15, -0.1) is 0 Å². The second-order valence-corrected chi connectivity index (χ2v) is 5.67. The van der Waals surface area contributed by atoms with Crippen LogP contribution < -0.4 is 0 Å². The van der Waals surface area contributed by atoms with Gasteiger partial charge in [0.15, 0.2) is 0 Å². The maximum Gasteiger partial charge on any atom is 0.120 e. The minimum atomic E-state index is -0.0788. The van der Waals surface area contributed by atoms with Crippen LogP contribution in [0.1, 0.15) is 32.9 Å². The largest absolute Gasteiger partial charge is 0.303 e. The maximum absolute atomic E-state index is 10.5. The summed E-state index contributed by atoms with van der Waals surface area (Å²) < 4.78 is 2.04. The Bertz CT molecular complexity index is 550. The Balaban J connectivity index is 2.46. The molecule has 0 aliphatic carbocycles. The van der Waals surface area contributed by atoms with E-state index in [1.165, 1.54) is 0 Å². The zero-order valence-electron chi connectivity index (χ0n) is 11.8. The molecule has 0 N–H and O–H groups in total. The maximum atomic E-state index is 10.5. The topological polar surface area (TPSA) is 34.9 Å². The fourth-order valence-corrected chi connectivity index (χ4v) is 2.09. The van der Waals surface area contributed by atoms with Gasteiger partial charge in [-0.25, -0.2) is 0 Å². The fourth-order valence-electron chi connectivity index (χ4n) is 2.09. The Labute approximate surface area is 114 Å². The van der Waals surface area contributed by atoms with Gasteiger partial charge in [0.25, 0.3) is 0 Å². The molecule has 1 aromatic carbocycles. The Morgan fingerprint density at radius 1 is 1.21 bits per heavy atom. The highest BCUT2D eigenvalue weighted by molar-refractivity contribution is 5.60. The average molecular weight is 256 g/mol. The molecule has 100 valence electrons. The van der Waals surface area contributed by atoms with Gasteiger partial charge in [-0.3, -0.25) is 4.68 Å². The summed E-state index contributed by atoms with van der Waals surface area (Å²) in [6.07, 6.45) is 2.17. The van der Waals surface area contributed by atoms with Crippen LogP contribution in [0.3, 0.4) is 0 Å². The SMILES string of the molecule is CC(C)(C)n1nc(CCC=O)cc1-c1ccccc1. The molecule has 0 bridgehead atoms. The molecular weight excluding hydrogens is 236 g/mol. The van der Waals surface area contributed by atoms with Gasteiger partial charge in [-0.1, -0.05) is 30.3 Å². The molecule has 2 aromatic rings. The second kappa shape index (κ2) is 5.39. The van der Waals surface area contributed by atoms with Crippen LogP contribution in [-0.4, -0.2) is 16.1 Å². The van der Waals surface area contributed by atoms with E-state index in [9.17, 15) is 4.79 Å². The zero-order chi connectivity index (χ0) is 13.9. The summed E-state index contributed by atoms with van der Waals surface area (Å²) in [6.45, 7) is 6.40. The molecule has 0 aliphatic rings. The molecule has 0 aliphatic heterocycles. The van der Waals surface area contributed by atoms with Crippen molar-refractivity contribution < 1.29 is 4.79 Å². The third-order valence-electron chi connectivity index (χ3n) is 2.98. The van der Waals surface area contributed by atoms with Crippen LogP contribution in [0.25, 0.3) is 11.3 Å². The first-order valence-corrected chi connectivity index (χ1v) is 6.61. The minimum absolute atomic E-state index is 0.0788. The van der Waals surface area contributed by atoms with Gasteiger partial charge in [-0.2, -0.15) is 5.10 Å². The lowest BCUT2D eigenvalue weighted by molar-refractivity contribution is -0.107. The molecule has 3 nitrogen and oxygen atoms in total. The summed E-state index contributed by atoms with van der Waals surface area (Å²) in [5.41, 5.74) is 3.15. The van der Waals surface area contributed by atoms with Gasteiger partial charge < -0.3 is 4.79 Å². The number of hydrogen-bond donors (Lipinski definition) is 0. The van der Waals surface area contributed by atoms with Gasteiger partial charge in [0.05, 0.1) is 16.9 Å². The highest BCUT2D eigenvalue weighted by Gasteiger charge is 2.20. The first-order valence-electron chi connectivity index (χ1n) is 6.61. The molecule has 0 radical (unpaired) electrons. The molecule has 0 amide bonds. The number of aryl methyl sites for hydroxylation is 1. The van der Waals surface area contributed by atoms with Gasteiger partial charge in [0.1, 0.15) is 6.29 Å². The van der Waals surface area contributed by atoms with Crippen molar-refractivity contribution in [1.29, 1.82) is 0 Å². The quantitative estimate of drug-likeness (QED) is 0.785. The van der Waals surface area contributed by atoms with Crippen molar-refractivity contribution in [2.24, 2.45) is 0 Å². The molecule has 0 spiro atoms. The van der Waals surface area contributed by atoms with Crippen LogP contribution in [0.15, 0.2) is 36.4 Å². The van der Waals surface area contributed by atoms with Gasteiger partial charge >= 0.3 is 0 Å². The number of benzene rings is 1. The molecule has 0 fully saturated rings. The molecule has 19 heavy (non-hydrogen) atoms. The summed E-state index contributed by atoms with van der Waals surface area (Å²) in [5.74, 6) is 0. The number of aromatic nitrogens is 2. The Morgan fingerprint density at radius 2 is 1.89 bits per heavy atom. The fraction of sp³-hybridized carbons (Fsp3) is 0.375. The Hall–Kier alpha value is -1.90. The molecule has 0 unspecified atom stereocenters. The Kier molecular flexibility index (Phi) is 3.84. The number of carbonyl (C=O) groups is 1. The summed E-state index contributed by atoms with van der Waals surface area (Å²) >= 11 is 0. The van der Waals surface area contributed by atoms with Crippen LogP contribution >= 0.6 is 0 Å². The molecule has 3 heteroatoms. The van der Waals surface area contributed by atoms with Gasteiger partial charge in [0, 0.05) is 6.42 Å². The van der Waals surface area contributed by atoms with E-state index >= 15 is 0 Å². The summed E-state index contributed by atoms with van der Waals surface area (Å²) in [5, 5.41) is 4.65. The molecule has 1 aromatic heterocycles. The van der Waals surface area contributed by atoms with E-state index in [1.54, 1.807) is 0 Å². The van der Waals surface area contributed by atoms with Crippen LogP contribution in [-0.2, 0) is 16.8 Å². The summed E-state index contributed by atoms with van der Waals surface area (Å²) in [7, 11) is 0. The highest BCUT2D eigenvalue weighted by atomic mass is 16.1. The number of nitrogens with zero attached hydrogens (tertiary/aromatic N) is 2. The number of carbonyl (C=O) groups excluding carboxylic acids is 1. The van der Waals surface area contributed by atoms with Crippen LogP contribution in [0.4, 0.5) is 0 Å². The predicted octanol–water partition coefficient (Wildman–Crippen LogP) is 3.44. The number of aldehydes is 1. The van der Waals surface area contributed by atoms with E-state index < -0.39 is 0 Å². The van der Waals surface area contributed by atoms with E-state index in [4.69, 9.17) is 0 Å². The van der Waals surface area contributed by atoms with Gasteiger partial charge in [-0.05, 0) is 38.8 Å². The van der Waals surface area contributed by atoms with Crippen molar-refractivity contribution in [3.8, 4) is 11.3 Å². The van der Waals surface area contributed by atoms with Gasteiger partial charge in [0.2, 0.25) is 0 Å². The molecule has 0 saturated heterocycles. The van der Waals surface area contributed by atoms with Crippen molar-refractivity contribution in [2.75, 3.05) is 0 Å². The van der Waals surface area contributed by atoms with Crippen LogP contribution in [0.5, 0.6) is 0 Å². The minimum Gasteiger partial charge on any atom is -0.303 e. The highest BCUT2D eigenvalue weighted by Crippen LogP contribution is 2.26. The third kappa shape index (κ3) is 3.11.